The van der Waals surface area contributed by atoms with E-state index in [-0.39, 0.29) is 17.4 Å². The summed E-state index contributed by atoms with van der Waals surface area (Å²) in [4.78, 5) is 12.8. The number of anilines is 1. The SMILES string of the molecule is CC(C)(C)[Si](c1ccccc1)(c1ccccc1)C(O)[C@@H]1CC[C@H](n2cnc3c(N)ncnc32)O1. The van der Waals surface area contributed by atoms with Gasteiger partial charge in [-0.3, -0.25) is 4.57 Å². The van der Waals surface area contributed by atoms with E-state index in [0.29, 0.717) is 17.0 Å². The van der Waals surface area contributed by atoms with Crippen molar-refractivity contribution < 1.29 is 9.84 Å². The Kier molecular flexibility index (Phi) is 5.75. The molecule has 7 nitrogen and oxygen atoms in total. The summed E-state index contributed by atoms with van der Waals surface area (Å²) in [6, 6.07) is 21.0. The highest BCUT2D eigenvalue weighted by molar-refractivity contribution is 7.05. The van der Waals surface area contributed by atoms with Crippen molar-refractivity contribution in [2.24, 2.45) is 0 Å². The van der Waals surface area contributed by atoms with E-state index >= 15 is 0 Å². The van der Waals surface area contributed by atoms with Crippen LogP contribution in [-0.2, 0) is 4.74 Å². The van der Waals surface area contributed by atoms with Gasteiger partial charge in [-0.05, 0) is 17.9 Å². The minimum atomic E-state index is -2.73. The van der Waals surface area contributed by atoms with Crippen LogP contribution in [0.15, 0.2) is 73.3 Å². The number of hydrogen-bond donors (Lipinski definition) is 2. The van der Waals surface area contributed by atoms with Gasteiger partial charge in [0.1, 0.15) is 18.1 Å². The Bertz CT molecular complexity index is 1230. The third-order valence-electron chi connectivity index (χ3n) is 7.16. The van der Waals surface area contributed by atoms with Gasteiger partial charge in [-0.2, -0.15) is 0 Å². The molecule has 2 aromatic heterocycles. The van der Waals surface area contributed by atoms with Gasteiger partial charge in [0.2, 0.25) is 0 Å². The number of nitrogens with zero attached hydrogens (tertiary/aromatic N) is 4. The Hall–Kier alpha value is -3.07. The largest absolute Gasteiger partial charge is 0.393 e. The van der Waals surface area contributed by atoms with Crippen molar-refractivity contribution in [2.75, 3.05) is 5.73 Å². The summed E-state index contributed by atoms with van der Waals surface area (Å²) >= 11 is 0. The molecule has 0 saturated carbocycles. The van der Waals surface area contributed by atoms with Crippen LogP contribution >= 0.6 is 0 Å². The second kappa shape index (κ2) is 8.61. The lowest BCUT2D eigenvalue weighted by Gasteiger charge is -2.48. The molecule has 0 spiro atoms. The Morgan fingerprint density at radius 2 is 1.59 bits per heavy atom. The molecule has 176 valence electrons. The van der Waals surface area contributed by atoms with Crippen LogP contribution in [0, 0.1) is 0 Å². The maximum atomic E-state index is 12.2. The highest BCUT2D eigenvalue weighted by Crippen LogP contribution is 2.42. The Labute approximate surface area is 200 Å². The molecule has 0 bridgehead atoms. The maximum Gasteiger partial charge on any atom is 0.167 e. The molecule has 5 rings (SSSR count). The molecule has 1 aliphatic heterocycles. The quantitative estimate of drug-likeness (QED) is 0.432. The number of nitrogen functional groups attached to an aromatic ring is 1. The van der Waals surface area contributed by atoms with Crippen molar-refractivity contribution in [1.29, 1.82) is 0 Å². The smallest absolute Gasteiger partial charge is 0.167 e. The van der Waals surface area contributed by atoms with Gasteiger partial charge < -0.3 is 15.6 Å². The second-order valence-electron chi connectivity index (χ2n) is 10.0. The minimum Gasteiger partial charge on any atom is -0.393 e. The molecular formula is C26H31N5O2Si. The molecule has 0 radical (unpaired) electrons. The lowest BCUT2D eigenvalue weighted by Crippen LogP contribution is -2.74. The van der Waals surface area contributed by atoms with Gasteiger partial charge in [0.15, 0.2) is 19.5 Å². The number of fused-ring (bicyclic) bond motifs is 1. The minimum absolute atomic E-state index is 0.167. The van der Waals surface area contributed by atoms with Gasteiger partial charge in [0, 0.05) is 0 Å². The number of benzene rings is 2. The van der Waals surface area contributed by atoms with Crippen LogP contribution < -0.4 is 16.1 Å². The molecule has 2 aromatic carbocycles. The van der Waals surface area contributed by atoms with Crippen LogP contribution in [0.5, 0.6) is 0 Å². The zero-order valence-corrected chi connectivity index (χ0v) is 20.8. The topological polar surface area (TPSA) is 99.1 Å². The molecule has 0 aliphatic carbocycles. The third-order valence-corrected chi connectivity index (χ3v) is 13.3. The van der Waals surface area contributed by atoms with Crippen molar-refractivity contribution in [3.63, 3.8) is 0 Å². The van der Waals surface area contributed by atoms with Crippen molar-refractivity contribution in [3.05, 3.63) is 73.3 Å². The summed E-state index contributed by atoms with van der Waals surface area (Å²) in [5.74, 6) is 0.352. The zero-order valence-electron chi connectivity index (χ0n) is 19.8. The summed E-state index contributed by atoms with van der Waals surface area (Å²) < 4.78 is 8.47. The van der Waals surface area contributed by atoms with E-state index in [2.05, 4.69) is 84.3 Å². The molecule has 3 heterocycles. The fourth-order valence-corrected chi connectivity index (χ4v) is 11.5. The summed E-state index contributed by atoms with van der Waals surface area (Å²) in [6.45, 7) is 6.74. The first kappa shape index (κ1) is 22.7. The van der Waals surface area contributed by atoms with E-state index in [1.54, 1.807) is 6.33 Å². The van der Waals surface area contributed by atoms with Gasteiger partial charge in [-0.15, -0.1) is 0 Å². The monoisotopic (exact) mass is 473 g/mol. The third kappa shape index (κ3) is 3.53. The van der Waals surface area contributed by atoms with Gasteiger partial charge >= 0.3 is 0 Å². The molecule has 0 amide bonds. The summed E-state index contributed by atoms with van der Waals surface area (Å²) in [7, 11) is -2.73. The molecule has 1 unspecified atom stereocenters. The summed E-state index contributed by atoms with van der Waals surface area (Å²) in [6.07, 6.45) is 4.08. The molecular weight excluding hydrogens is 442 g/mol. The fraction of sp³-hybridized carbons (Fsp3) is 0.346. The second-order valence-corrected chi connectivity index (χ2v) is 14.9. The standard InChI is InChI=1S/C26H31N5O2Si/c1-26(2,3)34(18-10-6-4-7-11-18,19-12-8-5-9-13-19)25(32)20-14-15-21(33-20)31-17-30-22-23(27)28-16-29-24(22)31/h4-13,16-17,20-21,25,32H,14-15H2,1-3H3,(H2,27,28,29)/t20-,21+,25?/m0/s1. The Morgan fingerprint density at radius 3 is 2.18 bits per heavy atom. The lowest BCUT2D eigenvalue weighted by atomic mass is 10.2. The van der Waals surface area contributed by atoms with E-state index in [1.165, 1.54) is 16.7 Å². The van der Waals surface area contributed by atoms with Crippen LogP contribution in [0.1, 0.15) is 39.8 Å². The normalized spacial score (nSPS) is 20.0. The number of nitrogens with two attached hydrogens (primary N) is 1. The number of rotatable bonds is 5. The molecule has 8 heteroatoms. The molecule has 1 fully saturated rings. The molecule has 4 aromatic rings. The summed E-state index contributed by atoms with van der Waals surface area (Å²) in [5.41, 5.74) is 6.56. The van der Waals surface area contributed by atoms with Crippen LogP contribution in [0.25, 0.3) is 11.2 Å². The first-order valence-corrected chi connectivity index (χ1v) is 13.8. The number of imidazole rings is 1. The number of aliphatic hydroxyl groups excluding tert-OH is 1. The lowest BCUT2D eigenvalue weighted by molar-refractivity contribution is -0.0365. The molecule has 3 N–H and O–H groups in total. The molecule has 34 heavy (non-hydrogen) atoms. The average Bonchev–Trinajstić information content (AvgIpc) is 3.48. The predicted molar refractivity (Wildman–Crippen MR) is 137 cm³/mol. The fourth-order valence-electron chi connectivity index (χ4n) is 5.66. The highest BCUT2D eigenvalue weighted by atomic mass is 28.3. The van der Waals surface area contributed by atoms with Crippen molar-refractivity contribution in [1.82, 2.24) is 19.5 Å². The molecule has 3 atom stereocenters. The Balaban J connectivity index is 1.56. The average molecular weight is 474 g/mol. The van der Waals surface area contributed by atoms with E-state index in [4.69, 9.17) is 10.5 Å². The first-order chi connectivity index (χ1) is 16.3. The van der Waals surface area contributed by atoms with Crippen LogP contribution in [0.3, 0.4) is 0 Å². The number of ether oxygens (including phenoxy) is 1. The molecule has 1 saturated heterocycles. The highest BCUT2D eigenvalue weighted by Gasteiger charge is 2.56. The first-order valence-electron chi connectivity index (χ1n) is 11.7. The van der Waals surface area contributed by atoms with Gasteiger partial charge in [0.05, 0.1) is 18.2 Å². The maximum absolute atomic E-state index is 12.2. The van der Waals surface area contributed by atoms with Crippen molar-refractivity contribution >= 4 is 35.4 Å². The van der Waals surface area contributed by atoms with Gasteiger partial charge in [-0.1, -0.05) is 91.8 Å². The number of hydrogen-bond acceptors (Lipinski definition) is 6. The van der Waals surface area contributed by atoms with E-state index in [0.717, 1.165) is 12.8 Å². The van der Waals surface area contributed by atoms with E-state index < -0.39 is 13.8 Å². The van der Waals surface area contributed by atoms with E-state index in [1.807, 2.05) is 16.7 Å². The summed E-state index contributed by atoms with van der Waals surface area (Å²) in [5, 5.41) is 14.5. The van der Waals surface area contributed by atoms with Crippen molar-refractivity contribution in [3.8, 4) is 0 Å². The van der Waals surface area contributed by atoms with Crippen LogP contribution in [-0.4, -0.2) is 44.5 Å². The number of aliphatic hydroxyl groups is 1. The van der Waals surface area contributed by atoms with Crippen molar-refractivity contribution in [2.45, 2.75) is 56.7 Å². The van der Waals surface area contributed by atoms with E-state index in [9.17, 15) is 5.11 Å². The van der Waals surface area contributed by atoms with Crippen LogP contribution in [0.2, 0.25) is 5.04 Å². The van der Waals surface area contributed by atoms with Crippen LogP contribution in [0.4, 0.5) is 5.82 Å². The Morgan fingerprint density at radius 1 is 0.971 bits per heavy atom. The molecule has 1 aliphatic rings. The number of aromatic nitrogens is 4. The predicted octanol–water partition coefficient (Wildman–Crippen LogP) is 3.05. The van der Waals surface area contributed by atoms with Gasteiger partial charge in [-0.25, -0.2) is 15.0 Å². The zero-order chi connectivity index (χ0) is 23.9. The van der Waals surface area contributed by atoms with Gasteiger partial charge in [0.25, 0.3) is 0 Å².